The van der Waals surface area contributed by atoms with Gasteiger partial charge in [0.05, 0.1) is 0 Å². The minimum Gasteiger partial charge on any atom is -0.342 e. The van der Waals surface area contributed by atoms with Crippen LogP contribution in [0.3, 0.4) is 0 Å². The number of rotatable bonds is 4. The Labute approximate surface area is 139 Å². The first-order valence-corrected chi connectivity index (χ1v) is 8.88. The van der Waals surface area contributed by atoms with Crippen molar-refractivity contribution in [2.24, 2.45) is 11.3 Å². The van der Waals surface area contributed by atoms with Crippen molar-refractivity contribution in [3.63, 3.8) is 0 Å². The van der Waals surface area contributed by atoms with Gasteiger partial charge in [0.25, 0.3) is 0 Å². The van der Waals surface area contributed by atoms with E-state index >= 15 is 0 Å². The molecule has 3 rings (SSSR count). The van der Waals surface area contributed by atoms with Gasteiger partial charge in [-0.15, -0.1) is 0 Å². The first-order valence-electron chi connectivity index (χ1n) is 8.88. The summed E-state index contributed by atoms with van der Waals surface area (Å²) in [6.45, 7) is 8.24. The smallest absolute Gasteiger partial charge is 0.225 e. The van der Waals surface area contributed by atoms with E-state index in [0.717, 1.165) is 51.4 Å². The lowest BCUT2D eigenvalue weighted by atomic mass is 9.73. The lowest BCUT2D eigenvalue weighted by Gasteiger charge is -2.48. The number of nitrogens with zero attached hydrogens (tertiary/aromatic N) is 4. The van der Waals surface area contributed by atoms with Gasteiger partial charge in [-0.2, -0.15) is 0 Å². The summed E-state index contributed by atoms with van der Waals surface area (Å²) in [5.41, 5.74) is 0.225. The first-order chi connectivity index (χ1) is 11.1. The van der Waals surface area contributed by atoms with Gasteiger partial charge in [-0.3, -0.25) is 4.79 Å². The molecular formula is C18H28N4O. The number of amides is 1. The molecule has 5 nitrogen and oxygen atoms in total. The number of carbonyl (C=O) groups is 1. The molecule has 0 unspecified atom stereocenters. The average Bonchev–Trinajstić information content (AvgIpc) is 2.57. The van der Waals surface area contributed by atoms with Crippen LogP contribution in [0, 0.1) is 11.3 Å². The summed E-state index contributed by atoms with van der Waals surface area (Å²) < 4.78 is 0. The van der Waals surface area contributed by atoms with Crippen molar-refractivity contribution in [1.29, 1.82) is 0 Å². The van der Waals surface area contributed by atoms with Crippen LogP contribution < -0.4 is 4.90 Å². The van der Waals surface area contributed by atoms with Crippen molar-refractivity contribution in [2.75, 3.05) is 31.1 Å². The fourth-order valence-corrected chi connectivity index (χ4v) is 3.89. The lowest BCUT2D eigenvalue weighted by molar-refractivity contribution is -0.138. The highest BCUT2D eigenvalue weighted by molar-refractivity contribution is 5.77. The average molecular weight is 316 g/mol. The van der Waals surface area contributed by atoms with Crippen molar-refractivity contribution in [3.05, 3.63) is 18.5 Å². The molecule has 1 aromatic heterocycles. The molecule has 0 N–H and O–H groups in total. The van der Waals surface area contributed by atoms with Crippen LogP contribution in [0.15, 0.2) is 18.5 Å². The Morgan fingerprint density at radius 3 is 2.74 bits per heavy atom. The fraction of sp³-hybridized carbons (Fsp3) is 0.722. The summed E-state index contributed by atoms with van der Waals surface area (Å²) in [6, 6.07) is 1.86. The second kappa shape index (κ2) is 6.85. The SMILES string of the molecule is CC(C)CCN1C[C@]2(CCCN(c3ncccn3)C2)CCC1=O. The summed E-state index contributed by atoms with van der Waals surface area (Å²) in [6.07, 6.45) is 8.78. The number of hydrogen-bond donors (Lipinski definition) is 0. The first kappa shape index (κ1) is 16.2. The molecule has 1 amide bonds. The van der Waals surface area contributed by atoms with Gasteiger partial charge in [-0.05, 0) is 37.7 Å². The summed E-state index contributed by atoms with van der Waals surface area (Å²) in [5.74, 6) is 1.81. The predicted molar refractivity (Wildman–Crippen MR) is 91.2 cm³/mol. The number of aromatic nitrogens is 2. The molecule has 23 heavy (non-hydrogen) atoms. The van der Waals surface area contributed by atoms with Gasteiger partial charge in [0.2, 0.25) is 11.9 Å². The Kier molecular flexibility index (Phi) is 4.83. The third-order valence-corrected chi connectivity index (χ3v) is 5.22. The maximum atomic E-state index is 12.3. The van der Waals surface area contributed by atoms with Crippen molar-refractivity contribution >= 4 is 11.9 Å². The van der Waals surface area contributed by atoms with Gasteiger partial charge in [-0.1, -0.05) is 13.8 Å². The van der Waals surface area contributed by atoms with E-state index in [1.54, 1.807) is 0 Å². The van der Waals surface area contributed by atoms with Gasteiger partial charge >= 0.3 is 0 Å². The molecule has 0 aromatic carbocycles. The van der Waals surface area contributed by atoms with Crippen LogP contribution in [0.25, 0.3) is 0 Å². The van der Waals surface area contributed by atoms with Gasteiger partial charge in [0.15, 0.2) is 0 Å². The van der Waals surface area contributed by atoms with Crippen LogP contribution in [0.1, 0.15) is 46.0 Å². The Balaban J connectivity index is 1.69. The zero-order chi connectivity index (χ0) is 16.3. The molecule has 2 fully saturated rings. The largest absolute Gasteiger partial charge is 0.342 e. The monoisotopic (exact) mass is 316 g/mol. The van der Waals surface area contributed by atoms with Crippen molar-refractivity contribution < 1.29 is 4.79 Å². The molecule has 126 valence electrons. The van der Waals surface area contributed by atoms with Gasteiger partial charge in [0, 0.05) is 50.4 Å². The molecule has 3 heterocycles. The van der Waals surface area contributed by atoms with E-state index in [9.17, 15) is 4.79 Å². The second-order valence-electron chi connectivity index (χ2n) is 7.57. The van der Waals surface area contributed by atoms with Crippen molar-refractivity contribution in [1.82, 2.24) is 14.9 Å². The van der Waals surface area contributed by atoms with E-state index in [-0.39, 0.29) is 5.41 Å². The topological polar surface area (TPSA) is 49.3 Å². The molecule has 0 saturated carbocycles. The van der Waals surface area contributed by atoms with Gasteiger partial charge < -0.3 is 9.80 Å². The number of anilines is 1. The summed E-state index contributed by atoms with van der Waals surface area (Å²) in [5, 5.41) is 0. The summed E-state index contributed by atoms with van der Waals surface area (Å²) >= 11 is 0. The van der Waals surface area contributed by atoms with E-state index in [1.807, 2.05) is 18.5 Å². The maximum Gasteiger partial charge on any atom is 0.225 e. The van der Waals surface area contributed by atoms with E-state index in [4.69, 9.17) is 0 Å². The van der Waals surface area contributed by atoms with Crippen LogP contribution in [-0.2, 0) is 4.79 Å². The molecule has 0 radical (unpaired) electrons. The Morgan fingerprint density at radius 1 is 1.22 bits per heavy atom. The predicted octanol–water partition coefficient (Wildman–Crippen LogP) is 2.73. The fourth-order valence-electron chi connectivity index (χ4n) is 3.89. The van der Waals surface area contributed by atoms with Crippen LogP contribution in [0.4, 0.5) is 5.95 Å². The molecule has 2 aliphatic heterocycles. The summed E-state index contributed by atoms with van der Waals surface area (Å²) in [4.78, 5) is 25.5. The zero-order valence-electron chi connectivity index (χ0n) is 14.4. The van der Waals surface area contributed by atoms with Crippen molar-refractivity contribution in [3.8, 4) is 0 Å². The van der Waals surface area contributed by atoms with E-state index in [0.29, 0.717) is 18.2 Å². The van der Waals surface area contributed by atoms with Gasteiger partial charge in [0.1, 0.15) is 0 Å². The zero-order valence-corrected chi connectivity index (χ0v) is 14.4. The number of piperidine rings is 2. The molecule has 1 spiro atoms. The highest BCUT2D eigenvalue weighted by Crippen LogP contribution is 2.39. The minimum atomic E-state index is 0.225. The minimum absolute atomic E-state index is 0.225. The Hall–Kier alpha value is -1.65. The Morgan fingerprint density at radius 2 is 2.00 bits per heavy atom. The van der Waals surface area contributed by atoms with Gasteiger partial charge in [-0.25, -0.2) is 9.97 Å². The van der Waals surface area contributed by atoms with Crippen LogP contribution in [0.2, 0.25) is 0 Å². The summed E-state index contributed by atoms with van der Waals surface area (Å²) in [7, 11) is 0. The number of carbonyl (C=O) groups excluding carboxylic acids is 1. The third kappa shape index (κ3) is 3.82. The van der Waals surface area contributed by atoms with E-state index in [1.165, 1.54) is 6.42 Å². The van der Waals surface area contributed by atoms with Crippen LogP contribution >= 0.6 is 0 Å². The molecule has 0 aliphatic carbocycles. The number of hydrogen-bond acceptors (Lipinski definition) is 4. The Bertz CT molecular complexity index is 533. The van der Waals surface area contributed by atoms with Crippen molar-refractivity contribution in [2.45, 2.75) is 46.0 Å². The standard InChI is InChI=1S/C18H28N4O/c1-15(2)6-12-21-13-18(8-5-16(21)23)7-3-11-22(14-18)17-19-9-4-10-20-17/h4,9-10,15H,3,5-8,11-14H2,1-2H3/t18-/m0/s1. The molecule has 2 saturated heterocycles. The number of likely N-dealkylation sites (tertiary alicyclic amines) is 1. The molecular weight excluding hydrogens is 288 g/mol. The molecule has 5 heteroatoms. The highest BCUT2D eigenvalue weighted by Gasteiger charge is 2.42. The lowest BCUT2D eigenvalue weighted by Crippen LogP contribution is -2.54. The second-order valence-corrected chi connectivity index (χ2v) is 7.57. The van der Waals surface area contributed by atoms with Crippen LogP contribution in [0.5, 0.6) is 0 Å². The third-order valence-electron chi connectivity index (χ3n) is 5.22. The molecule has 1 atom stereocenters. The maximum absolute atomic E-state index is 12.3. The van der Waals surface area contributed by atoms with Crippen LogP contribution in [-0.4, -0.2) is 47.0 Å². The highest BCUT2D eigenvalue weighted by atomic mass is 16.2. The quantitative estimate of drug-likeness (QED) is 0.857. The van der Waals surface area contributed by atoms with E-state index < -0.39 is 0 Å². The molecule has 0 bridgehead atoms. The molecule has 2 aliphatic rings. The normalized spacial score (nSPS) is 25.4. The molecule has 1 aromatic rings. The van der Waals surface area contributed by atoms with E-state index in [2.05, 4.69) is 33.6 Å².